The Kier molecular flexibility index (Phi) is 7.15. The van der Waals surface area contributed by atoms with Crippen molar-refractivity contribution in [2.45, 2.75) is 51.0 Å². The number of carbonyl (C=O) groups excluding carboxylic acids is 2. The second-order valence-corrected chi connectivity index (χ2v) is 10.2. The van der Waals surface area contributed by atoms with Crippen LogP contribution in [0.4, 0.5) is 4.79 Å². The van der Waals surface area contributed by atoms with Crippen LogP contribution in [0.15, 0.2) is 48.5 Å². The van der Waals surface area contributed by atoms with Gasteiger partial charge in [-0.1, -0.05) is 62.4 Å². The van der Waals surface area contributed by atoms with E-state index in [4.69, 9.17) is 4.74 Å². The summed E-state index contributed by atoms with van der Waals surface area (Å²) in [5.74, 6) is -0.942. The zero-order valence-corrected chi connectivity index (χ0v) is 20.6. The lowest BCUT2D eigenvalue weighted by Gasteiger charge is -2.27. The number of fused-ring (bicyclic) bond motifs is 3. The van der Waals surface area contributed by atoms with Crippen LogP contribution in [-0.2, 0) is 14.3 Å². The Hall–Kier alpha value is -3.35. The fourth-order valence-electron chi connectivity index (χ4n) is 5.22. The molecule has 1 saturated carbocycles. The fourth-order valence-corrected chi connectivity index (χ4v) is 5.22. The highest BCUT2D eigenvalue weighted by Crippen LogP contribution is 2.44. The van der Waals surface area contributed by atoms with Gasteiger partial charge in [-0.3, -0.25) is 4.79 Å². The lowest BCUT2D eigenvalue weighted by molar-refractivity contribution is -0.151. The van der Waals surface area contributed by atoms with Crippen LogP contribution in [0, 0.1) is 11.8 Å². The molecule has 35 heavy (non-hydrogen) atoms. The SMILES string of the molecule is CC(C)C[C@H](CNC(=O)OCC1c2ccccc2-c2ccccc21)CC(=O)N(C)C1(C(=O)O)CC1. The van der Waals surface area contributed by atoms with Gasteiger partial charge in [0.1, 0.15) is 12.1 Å². The zero-order valence-electron chi connectivity index (χ0n) is 20.6. The second kappa shape index (κ2) is 10.1. The molecular weight excluding hydrogens is 444 g/mol. The molecule has 2 aromatic rings. The van der Waals surface area contributed by atoms with Gasteiger partial charge in [-0.25, -0.2) is 9.59 Å². The molecule has 0 aliphatic heterocycles. The van der Waals surface area contributed by atoms with Crippen LogP contribution >= 0.6 is 0 Å². The molecule has 2 amide bonds. The van der Waals surface area contributed by atoms with Crippen LogP contribution in [0.25, 0.3) is 11.1 Å². The van der Waals surface area contributed by atoms with Crippen LogP contribution in [-0.4, -0.2) is 53.7 Å². The Morgan fingerprint density at radius 3 is 2.14 bits per heavy atom. The van der Waals surface area contributed by atoms with Gasteiger partial charge in [-0.05, 0) is 53.4 Å². The summed E-state index contributed by atoms with van der Waals surface area (Å²) in [5, 5.41) is 12.3. The predicted octanol–water partition coefficient (Wildman–Crippen LogP) is 4.65. The Bertz CT molecular complexity index is 1060. The summed E-state index contributed by atoms with van der Waals surface area (Å²) in [6.45, 7) is 4.66. The minimum atomic E-state index is -1.06. The molecule has 2 N–H and O–H groups in total. The molecule has 186 valence electrons. The number of rotatable bonds is 10. The Labute approximate surface area is 206 Å². The minimum Gasteiger partial charge on any atom is -0.479 e. The highest BCUT2D eigenvalue weighted by molar-refractivity contribution is 5.89. The first-order valence-corrected chi connectivity index (χ1v) is 12.3. The van der Waals surface area contributed by atoms with Crippen molar-refractivity contribution in [2.75, 3.05) is 20.2 Å². The molecule has 0 bridgehead atoms. The minimum absolute atomic E-state index is 0.0133. The third-order valence-electron chi connectivity index (χ3n) is 7.28. The number of carboxylic acids is 1. The maximum Gasteiger partial charge on any atom is 0.407 e. The number of amides is 2. The molecule has 1 atom stereocenters. The Morgan fingerprint density at radius 1 is 1.06 bits per heavy atom. The van der Waals surface area contributed by atoms with E-state index in [-0.39, 0.29) is 30.8 Å². The average Bonchev–Trinajstić information content (AvgIpc) is 3.59. The van der Waals surface area contributed by atoms with Crippen molar-refractivity contribution in [3.8, 4) is 11.1 Å². The van der Waals surface area contributed by atoms with Crippen molar-refractivity contribution >= 4 is 18.0 Å². The van der Waals surface area contributed by atoms with Gasteiger partial charge in [0.2, 0.25) is 5.91 Å². The third-order valence-corrected chi connectivity index (χ3v) is 7.28. The Balaban J connectivity index is 1.33. The van der Waals surface area contributed by atoms with E-state index in [2.05, 4.69) is 43.4 Å². The first kappa shape index (κ1) is 24.8. The molecule has 0 unspecified atom stereocenters. The van der Waals surface area contributed by atoms with Gasteiger partial charge in [-0.15, -0.1) is 0 Å². The Morgan fingerprint density at radius 2 is 1.63 bits per heavy atom. The third kappa shape index (κ3) is 5.19. The number of benzene rings is 2. The number of carboxylic acid groups (broad SMARTS) is 1. The summed E-state index contributed by atoms with van der Waals surface area (Å²) in [4.78, 5) is 38.4. The van der Waals surface area contributed by atoms with Gasteiger partial charge in [0, 0.05) is 25.9 Å². The standard InChI is InChI=1S/C28H34N2O5/c1-18(2)14-19(15-25(31)30(3)28(12-13-28)26(32)33)16-29-27(34)35-17-24-22-10-6-4-8-20(22)21-9-5-7-11-23(21)24/h4-11,18-19,24H,12-17H2,1-3H3,(H,29,34)(H,32,33)/t19-/m0/s1. The van der Waals surface area contributed by atoms with E-state index < -0.39 is 17.6 Å². The number of likely N-dealkylation sites (N-methyl/N-ethyl adjacent to an activating group) is 1. The average molecular weight is 479 g/mol. The maximum absolute atomic E-state index is 12.8. The van der Waals surface area contributed by atoms with E-state index in [1.165, 1.54) is 16.0 Å². The molecule has 1 fully saturated rings. The van der Waals surface area contributed by atoms with E-state index in [9.17, 15) is 19.5 Å². The lowest BCUT2D eigenvalue weighted by atomic mass is 9.93. The van der Waals surface area contributed by atoms with E-state index in [0.717, 1.165) is 17.5 Å². The van der Waals surface area contributed by atoms with Gasteiger partial charge >= 0.3 is 12.1 Å². The van der Waals surface area contributed by atoms with E-state index in [1.54, 1.807) is 7.05 Å². The number of ether oxygens (including phenoxy) is 1. The quantitative estimate of drug-likeness (QED) is 0.518. The number of alkyl carbamates (subject to hydrolysis) is 1. The van der Waals surface area contributed by atoms with E-state index in [1.807, 2.05) is 24.3 Å². The fraction of sp³-hybridized carbons (Fsp3) is 0.464. The molecule has 2 aliphatic carbocycles. The first-order chi connectivity index (χ1) is 16.7. The number of hydrogen-bond donors (Lipinski definition) is 2. The van der Waals surface area contributed by atoms with Crippen LogP contribution in [0.3, 0.4) is 0 Å². The molecule has 0 aromatic heterocycles. The van der Waals surface area contributed by atoms with Gasteiger partial charge in [0.05, 0.1) is 0 Å². The summed E-state index contributed by atoms with van der Waals surface area (Å²) in [5.41, 5.74) is 3.60. The monoisotopic (exact) mass is 478 g/mol. The topological polar surface area (TPSA) is 95.9 Å². The van der Waals surface area contributed by atoms with Crippen LogP contribution < -0.4 is 5.32 Å². The van der Waals surface area contributed by atoms with Crippen molar-refractivity contribution in [3.05, 3.63) is 59.7 Å². The van der Waals surface area contributed by atoms with E-state index >= 15 is 0 Å². The summed E-state index contributed by atoms with van der Waals surface area (Å²) in [7, 11) is 1.56. The van der Waals surface area contributed by atoms with Gasteiger partial charge in [-0.2, -0.15) is 0 Å². The molecule has 7 nitrogen and oxygen atoms in total. The number of nitrogens with one attached hydrogen (secondary N) is 1. The molecule has 0 radical (unpaired) electrons. The van der Waals surface area contributed by atoms with Crippen molar-refractivity contribution in [2.24, 2.45) is 11.8 Å². The molecule has 0 spiro atoms. The van der Waals surface area contributed by atoms with Crippen LogP contribution in [0.1, 0.15) is 56.6 Å². The molecule has 0 heterocycles. The summed E-state index contributed by atoms with van der Waals surface area (Å²) < 4.78 is 5.62. The van der Waals surface area contributed by atoms with E-state index in [0.29, 0.717) is 25.3 Å². The lowest BCUT2D eigenvalue weighted by Crippen LogP contribution is -2.45. The molecular formula is C28H34N2O5. The second-order valence-electron chi connectivity index (χ2n) is 10.2. The van der Waals surface area contributed by atoms with Crippen molar-refractivity contribution < 1.29 is 24.2 Å². The molecule has 4 rings (SSSR count). The maximum atomic E-state index is 12.8. The number of hydrogen-bond acceptors (Lipinski definition) is 4. The largest absolute Gasteiger partial charge is 0.479 e. The number of carbonyl (C=O) groups is 3. The molecule has 7 heteroatoms. The van der Waals surface area contributed by atoms with Crippen molar-refractivity contribution in [1.82, 2.24) is 10.2 Å². The van der Waals surface area contributed by atoms with Crippen LogP contribution in [0.5, 0.6) is 0 Å². The first-order valence-electron chi connectivity index (χ1n) is 12.3. The zero-order chi connectivity index (χ0) is 25.2. The summed E-state index contributed by atoms with van der Waals surface area (Å²) >= 11 is 0. The van der Waals surface area contributed by atoms with Gasteiger partial charge < -0.3 is 20.1 Å². The van der Waals surface area contributed by atoms with Crippen molar-refractivity contribution in [3.63, 3.8) is 0 Å². The number of aliphatic carboxylic acids is 1. The summed E-state index contributed by atoms with van der Waals surface area (Å²) in [6, 6.07) is 16.4. The van der Waals surface area contributed by atoms with Crippen molar-refractivity contribution in [1.29, 1.82) is 0 Å². The summed E-state index contributed by atoms with van der Waals surface area (Å²) in [6.07, 6.45) is 1.39. The molecule has 2 aliphatic rings. The normalized spacial score (nSPS) is 16.2. The molecule has 0 saturated heterocycles. The van der Waals surface area contributed by atoms with Crippen LogP contribution in [0.2, 0.25) is 0 Å². The smallest absolute Gasteiger partial charge is 0.407 e. The molecule has 2 aromatic carbocycles. The van der Waals surface area contributed by atoms with Gasteiger partial charge in [0.25, 0.3) is 0 Å². The highest BCUT2D eigenvalue weighted by atomic mass is 16.5. The van der Waals surface area contributed by atoms with Gasteiger partial charge in [0.15, 0.2) is 0 Å². The predicted molar refractivity (Wildman–Crippen MR) is 133 cm³/mol. The highest BCUT2D eigenvalue weighted by Gasteiger charge is 2.55. The number of nitrogens with zero attached hydrogens (tertiary/aromatic N) is 1.